The van der Waals surface area contributed by atoms with E-state index in [9.17, 15) is 4.79 Å². The Hall–Kier alpha value is -4.26. The van der Waals surface area contributed by atoms with Crippen molar-refractivity contribution in [2.24, 2.45) is 7.05 Å². The Labute approximate surface area is 277 Å². The van der Waals surface area contributed by atoms with Crippen LogP contribution in [0, 0.1) is 0 Å². The van der Waals surface area contributed by atoms with E-state index in [1.165, 1.54) is 20.3 Å². The second-order valence-electron chi connectivity index (χ2n) is 11.3. The minimum atomic E-state index is -0.236. The molecule has 0 spiro atoms. The van der Waals surface area contributed by atoms with Crippen LogP contribution in [0.3, 0.4) is 0 Å². The summed E-state index contributed by atoms with van der Waals surface area (Å²) >= 11 is 13.6. The molecule has 2 aliphatic rings. The van der Waals surface area contributed by atoms with Crippen molar-refractivity contribution in [1.82, 2.24) is 25.1 Å². The first-order chi connectivity index (χ1) is 22.3. The number of ether oxygens (including phenoxy) is 3. The molecule has 3 atom stereocenters. The monoisotopic (exact) mass is 666 g/mol. The Morgan fingerprint density at radius 3 is 2.54 bits per heavy atom. The number of hydrogen-bond donors (Lipinski definition) is 3. The van der Waals surface area contributed by atoms with Gasteiger partial charge in [0.2, 0.25) is 5.91 Å². The summed E-state index contributed by atoms with van der Waals surface area (Å²) in [5.41, 5.74) is 2.00. The maximum Gasteiger partial charge on any atom is 0.243 e. The van der Waals surface area contributed by atoms with Gasteiger partial charge in [0.15, 0.2) is 0 Å². The highest BCUT2D eigenvalue weighted by Gasteiger charge is 2.34. The number of nitrogens with zero attached hydrogens (tertiary/aromatic N) is 5. The smallest absolute Gasteiger partial charge is 0.243 e. The minimum absolute atomic E-state index is 0.0789. The molecule has 12 nitrogen and oxygen atoms in total. The van der Waals surface area contributed by atoms with Crippen LogP contribution >= 0.6 is 23.2 Å². The average molecular weight is 668 g/mol. The van der Waals surface area contributed by atoms with Gasteiger partial charge in [0, 0.05) is 68.1 Å². The third kappa shape index (κ3) is 6.51. The Kier molecular flexibility index (Phi) is 9.39. The minimum Gasteiger partial charge on any atom is -0.495 e. The van der Waals surface area contributed by atoms with Gasteiger partial charge in [-0.15, -0.1) is 0 Å². The molecular formula is C32H36Cl2N8O4. The molecule has 0 aliphatic carbocycles. The van der Waals surface area contributed by atoms with Gasteiger partial charge in [-0.1, -0.05) is 29.8 Å². The molecule has 0 bridgehead atoms. The van der Waals surface area contributed by atoms with E-state index in [1.807, 2.05) is 31.6 Å². The number of nitrogens with one attached hydrogen (secondary N) is 3. The molecule has 2 aliphatic heterocycles. The Morgan fingerprint density at radius 1 is 1.13 bits per heavy atom. The molecule has 0 saturated carbocycles. The zero-order valence-electron chi connectivity index (χ0n) is 25.8. The average Bonchev–Trinajstić information content (AvgIpc) is 3.82. The topological polar surface area (TPSA) is 128 Å². The predicted molar refractivity (Wildman–Crippen MR) is 181 cm³/mol. The predicted octanol–water partition coefficient (Wildman–Crippen LogP) is 4.92. The molecule has 5 heterocycles. The number of pyridine rings is 2. The van der Waals surface area contributed by atoms with Crippen LogP contribution in [0.2, 0.25) is 10.0 Å². The van der Waals surface area contributed by atoms with Gasteiger partial charge in [-0.25, -0.2) is 9.97 Å². The van der Waals surface area contributed by atoms with E-state index < -0.39 is 0 Å². The van der Waals surface area contributed by atoms with Crippen LogP contribution in [-0.2, 0) is 16.6 Å². The zero-order valence-corrected chi connectivity index (χ0v) is 27.4. The lowest BCUT2D eigenvalue weighted by Crippen LogP contribution is -2.45. The Morgan fingerprint density at radius 2 is 1.89 bits per heavy atom. The van der Waals surface area contributed by atoms with Gasteiger partial charge in [0.05, 0.1) is 60.0 Å². The highest BCUT2D eigenvalue weighted by Crippen LogP contribution is 2.46. The van der Waals surface area contributed by atoms with Crippen molar-refractivity contribution >= 4 is 57.2 Å². The van der Waals surface area contributed by atoms with Gasteiger partial charge in [-0.05, 0) is 31.1 Å². The molecule has 4 aromatic rings. The fourth-order valence-electron chi connectivity index (χ4n) is 5.92. The van der Waals surface area contributed by atoms with Crippen molar-refractivity contribution in [3.05, 3.63) is 59.5 Å². The van der Waals surface area contributed by atoms with E-state index in [0.29, 0.717) is 64.1 Å². The Bertz CT molecular complexity index is 1730. The first-order valence-electron chi connectivity index (χ1n) is 15.0. The molecule has 3 aromatic heterocycles. The Balaban J connectivity index is 1.37. The molecule has 6 rings (SSSR count). The number of hydrogen-bond acceptors (Lipinski definition) is 10. The molecular weight excluding hydrogens is 631 g/mol. The van der Waals surface area contributed by atoms with Gasteiger partial charge in [-0.2, -0.15) is 5.10 Å². The molecule has 2 saturated heterocycles. The standard InChI is InChI=1S/C32H36Cl2N8O4/c1-5-28(43)39-24-17-42(19-13-37-41(2)15-19)16-23(24)38-27-10-21-18(12-35-27)9-22(40-32(21)36-14-20-7-6-8-46-20)29-30(33)25(44-3)11-26(45-4)31(29)34/h5,9-13,15,20,23-24H,1,6-8,14,16-17H2,2-4H3,(H,35,38)(H,36,40)(H,39,43)/t20?,23-,24+/m1/s1. The van der Waals surface area contributed by atoms with Crippen LogP contribution < -0.4 is 30.3 Å². The van der Waals surface area contributed by atoms with E-state index >= 15 is 0 Å². The molecule has 242 valence electrons. The number of amides is 1. The van der Waals surface area contributed by atoms with Gasteiger partial charge in [-0.3, -0.25) is 9.48 Å². The summed E-state index contributed by atoms with van der Waals surface area (Å²) in [6.07, 6.45) is 8.90. The first kappa shape index (κ1) is 31.7. The summed E-state index contributed by atoms with van der Waals surface area (Å²) in [5.74, 6) is 1.86. The van der Waals surface area contributed by atoms with Gasteiger partial charge >= 0.3 is 0 Å². The summed E-state index contributed by atoms with van der Waals surface area (Å²) in [4.78, 5) is 24.3. The van der Waals surface area contributed by atoms with E-state index in [4.69, 9.17) is 47.4 Å². The molecule has 0 radical (unpaired) electrons. The number of methoxy groups -OCH3 is 2. The second kappa shape index (κ2) is 13.6. The van der Waals surface area contributed by atoms with E-state index in [2.05, 4.69) is 32.5 Å². The zero-order chi connectivity index (χ0) is 32.4. The number of rotatable bonds is 11. The van der Waals surface area contributed by atoms with E-state index in [1.54, 1.807) is 16.9 Å². The third-order valence-electron chi connectivity index (χ3n) is 8.29. The lowest BCUT2D eigenvalue weighted by atomic mass is 10.1. The number of benzene rings is 1. The summed E-state index contributed by atoms with van der Waals surface area (Å²) in [6.45, 7) is 6.17. The molecule has 1 unspecified atom stereocenters. The van der Waals surface area contributed by atoms with Crippen molar-refractivity contribution in [2.75, 3.05) is 56.0 Å². The quantitative estimate of drug-likeness (QED) is 0.190. The fourth-order valence-corrected chi connectivity index (χ4v) is 6.62. The number of aryl methyl sites for hydroxylation is 1. The van der Waals surface area contributed by atoms with Crippen molar-refractivity contribution in [3.8, 4) is 22.8 Å². The maximum atomic E-state index is 12.3. The summed E-state index contributed by atoms with van der Waals surface area (Å²) in [5, 5.41) is 16.7. The van der Waals surface area contributed by atoms with Gasteiger partial charge < -0.3 is 35.1 Å². The van der Waals surface area contributed by atoms with Crippen molar-refractivity contribution in [1.29, 1.82) is 0 Å². The lowest BCUT2D eigenvalue weighted by molar-refractivity contribution is -0.117. The normalized spacial score (nSPS) is 19.3. The summed E-state index contributed by atoms with van der Waals surface area (Å²) in [7, 11) is 4.95. The van der Waals surface area contributed by atoms with Crippen molar-refractivity contribution in [2.45, 2.75) is 31.0 Å². The van der Waals surface area contributed by atoms with Gasteiger partial charge in [0.25, 0.3) is 0 Å². The second-order valence-corrected chi connectivity index (χ2v) is 12.0. The maximum absolute atomic E-state index is 12.3. The fraction of sp³-hybridized carbons (Fsp3) is 0.375. The highest BCUT2D eigenvalue weighted by atomic mass is 35.5. The van der Waals surface area contributed by atoms with Crippen LogP contribution in [0.15, 0.2) is 49.4 Å². The lowest BCUT2D eigenvalue weighted by Gasteiger charge is -2.21. The number of halogens is 2. The van der Waals surface area contributed by atoms with Crippen LogP contribution in [-0.4, -0.2) is 84.3 Å². The van der Waals surface area contributed by atoms with E-state index in [-0.39, 0.29) is 24.1 Å². The summed E-state index contributed by atoms with van der Waals surface area (Å²) < 4.78 is 18.6. The van der Waals surface area contributed by atoms with Crippen LogP contribution in [0.1, 0.15) is 12.8 Å². The number of carbonyl (C=O) groups is 1. The molecule has 1 aromatic carbocycles. The SMILES string of the molecule is C=CC(=O)N[C@H]1CN(c2cnn(C)c2)C[C@H]1Nc1cc2c(NCC3CCCO3)nc(-c3c(Cl)c(OC)cc(OC)c3Cl)cc2cn1. The molecule has 46 heavy (non-hydrogen) atoms. The number of aromatic nitrogens is 4. The van der Waals surface area contributed by atoms with Crippen molar-refractivity contribution in [3.63, 3.8) is 0 Å². The largest absolute Gasteiger partial charge is 0.495 e. The molecule has 14 heteroatoms. The molecule has 2 fully saturated rings. The third-order valence-corrected chi connectivity index (χ3v) is 9.04. The number of fused-ring (bicyclic) bond motifs is 1. The van der Waals surface area contributed by atoms with Crippen LogP contribution in [0.4, 0.5) is 17.3 Å². The van der Waals surface area contributed by atoms with E-state index in [0.717, 1.165) is 35.9 Å². The summed E-state index contributed by atoms with van der Waals surface area (Å²) in [6, 6.07) is 5.15. The first-order valence-corrected chi connectivity index (χ1v) is 15.7. The molecule has 1 amide bonds. The number of carbonyl (C=O) groups excluding carboxylic acids is 1. The van der Waals surface area contributed by atoms with Crippen LogP contribution in [0.25, 0.3) is 22.0 Å². The highest BCUT2D eigenvalue weighted by molar-refractivity contribution is 6.41. The van der Waals surface area contributed by atoms with Crippen molar-refractivity contribution < 1.29 is 19.0 Å². The molecule has 3 N–H and O–H groups in total. The number of anilines is 3. The van der Waals surface area contributed by atoms with Crippen LogP contribution in [0.5, 0.6) is 11.5 Å². The van der Waals surface area contributed by atoms with Gasteiger partial charge in [0.1, 0.15) is 23.1 Å².